The fraction of sp³-hybridized carbons (Fsp3) is 0.152. The van der Waals surface area contributed by atoms with Crippen molar-refractivity contribution in [3.8, 4) is 31.3 Å². The van der Waals surface area contributed by atoms with Crippen LogP contribution in [0.5, 0.6) is 0 Å². The Hall–Kier alpha value is -7.16. The number of anilines is 6. The highest BCUT2D eigenvalue weighted by atomic mass is 32.1. The van der Waals surface area contributed by atoms with Crippen molar-refractivity contribution in [3.63, 3.8) is 0 Å². The Morgan fingerprint density at radius 1 is 0.438 bits per heavy atom. The minimum Gasteiger partial charge on any atom is -0.468 e. The predicted molar refractivity (Wildman–Crippen MR) is 320 cm³/mol. The van der Waals surface area contributed by atoms with Crippen molar-refractivity contribution in [1.29, 1.82) is 0 Å². The van der Waals surface area contributed by atoms with E-state index >= 15 is 0 Å². The SMILES string of the molecule is Cc1cc(-c2cc3ccccc3s2)cc(C)c1N1c2cc(C(C)(C)C)cc3c2B(c2ccc(-c4cc5ccccc5s4)cc2N3c2cccc(-c3cc4ccccc4s3)c2)c2oc3ccc(C(C)(C)C)cc3c21. The van der Waals surface area contributed by atoms with Gasteiger partial charge in [0, 0.05) is 56.9 Å². The standard InChI is InChI=1S/C66H53BN2OS3/c1-38-28-45(60-34-43-18-11-14-23-57(43)73-60)29-39(2)62(38)69-53-37-47(66(6,7)8)36-52-61(53)67(64-63(69)49-35-46(65(3,4)5)25-27-54(49)70-64)50-26-24-44(59-33-42-17-10-13-22-56(42)72-59)31-51(50)68(52)48-20-15-19-40(30-48)58-32-41-16-9-12-21-55(41)71-58/h9-37H,1-8H3. The number of aryl methyl sites for hydroxylation is 2. The van der Waals surface area contributed by atoms with E-state index < -0.39 is 0 Å². The van der Waals surface area contributed by atoms with E-state index in [0.29, 0.717) is 0 Å². The van der Waals surface area contributed by atoms with Gasteiger partial charge in [0.25, 0.3) is 6.71 Å². The van der Waals surface area contributed by atoms with Gasteiger partial charge in [-0.25, -0.2) is 0 Å². The van der Waals surface area contributed by atoms with Crippen LogP contribution in [0.25, 0.3) is 72.5 Å². The normalized spacial score (nSPS) is 13.4. The van der Waals surface area contributed by atoms with E-state index in [1.807, 2.05) is 34.0 Å². The van der Waals surface area contributed by atoms with Crippen LogP contribution in [0.3, 0.4) is 0 Å². The molecule has 3 nitrogen and oxygen atoms in total. The molecule has 0 radical (unpaired) electrons. The summed E-state index contributed by atoms with van der Waals surface area (Å²) in [6.45, 7) is 18.5. The van der Waals surface area contributed by atoms with Crippen molar-refractivity contribution in [3.05, 3.63) is 198 Å². The largest absolute Gasteiger partial charge is 0.468 e. The average molecular weight is 997 g/mol. The molecule has 12 aromatic rings. The van der Waals surface area contributed by atoms with Crippen molar-refractivity contribution in [2.24, 2.45) is 0 Å². The first kappa shape index (κ1) is 44.5. The highest BCUT2D eigenvalue weighted by Crippen LogP contribution is 2.52. The number of rotatable bonds is 5. The summed E-state index contributed by atoms with van der Waals surface area (Å²) in [5.74, 6) is 0. The molecule has 0 aliphatic carbocycles. The first-order chi connectivity index (χ1) is 35.2. The van der Waals surface area contributed by atoms with Crippen LogP contribution in [0.2, 0.25) is 0 Å². The molecule has 4 aromatic heterocycles. The van der Waals surface area contributed by atoms with Crippen LogP contribution < -0.4 is 26.4 Å². The summed E-state index contributed by atoms with van der Waals surface area (Å²) in [5, 5.41) is 4.98. The molecular formula is C66H53BN2OS3. The Balaban J connectivity index is 1.07. The van der Waals surface area contributed by atoms with E-state index in [2.05, 4.69) is 241 Å². The second kappa shape index (κ2) is 16.2. The molecule has 354 valence electrons. The van der Waals surface area contributed by atoms with Crippen LogP contribution in [-0.4, -0.2) is 6.71 Å². The van der Waals surface area contributed by atoms with Gasteiger partial charge in [-0.3, -0.25) is 0 Å². The zero-order valence-electron chi connectivity index (χ0n) is 42.3. The molecule has 2 aliphatic heterocycles. The van der Waals surface area contributed by atoms with E-state index in [0.717, 1.165) is 28.0 Å². The van der Waals surface area contributed by atoms with Crippen molar-refractivity contribution in [1.82, 2.24) is 0 Å². The zero-order valence-corrected chi connectivity index (χ0v) is 44.8. The average Bonchev–Trinajstić information content (AvgIpc) is 4.20. The molecule has 0 saturated heterocycles. The summed E-state index contributed by atoms with van der Waals surface area (Å²) in [6.07, 6.45) is 0. The molecule has 0 atom stereocenters. The number of fused-ring (bicyclic) bond motifs is 9. The summed E-state index contributed by atoms with van der Waals surface area (Å²) in [5.41, 5.74) is 19.9. The number of nitrogens with zero attached hydrogens (tertiary/aromatic N) is 2. The third-order valence-electron chi connectivity index (χ3n) is 15.3. The summed E-state index contributed by atoms with van der Waals surface area (Å²) >= 11 is 5.60. The number of thiophene rings is 3. The van der Waals surface area contributed by atoms with Crippen molar-refractivity contribution < 1.29 is 4.42 Å². The lowest BCUT2D eigenvalue weighted by molar-refractivity contribution is 0.590. The van der Waals surface area contributed by atoms with Gasteiger partial charge in [0.2, 0.25) is 0 Å². The third-order valence-corrected chi connectivity index (χ3v) is 18.8. The molecule has 0 spiro atoms. The lowest BCUT2D eigenvalue weighted by Crippen LogP contribution is -2.61. The Morgan fingerprint density at radius 2 is 0.986 bits per heavy atom. The molecule has 0 bridgehead atoms. The van der Waals surface area contributed by atoms with Crippen LogP contribution in [0.4, 0.5) is 34.1 Å². The second-order valence-electron chi connectivity index (χ2n) is 22.3. The Kier molecular flexibility index (Phi) is 9.87. The fourth-order valence-electron chi connectivity index (χ4n) is 11.7. The van der Waals surface area contributed by atoms with Crippen LogP contribution in [-0.2, 0) is 10.8 Å². The van der Waals surface area contributed by atoms with Crippen molar-refractivity contribution in [2.75, 3.05) is 9.80 Å². The molecular weight excluding hydrogens is 944 g/mol. The lowest BCUT2D eigenvalue weighted by atomic mass is 9.35. The van der Waals surface area contributed by atoms with Gasteiger partial charge >= 0.3 is 0 Å². The number of hydrogen-bond acceptors (Lipinski definition) is 6. The highest BCUT2D eigenvalue weighted by Gasteiger charge is 2.48. The van der Waals surface area contributed by atoms with Crippen LogP contribution in [0.15, 0.2) is 180 Å². The Labute approximate surface area is 439 Å². The van der Waals surface area contributed by atoms with Crippen LogP contribution in [0.1, 0.15) is 63.8 Å². The first-order valence-corrected chi connectivity index (χ1v) is 27.9. The van der Waals surface area contributed by atoms with Crippen molar-refractivity contribution >= 4 is 133 Å². The molecule has 2 aliphatic rings. The fourth-order valence-corrected chi connectivity index (χ4v) is 14.8. The highest BCUT2D eigenvalue weighted by molar-refractivity contribution is 7.23. The van der Waals surface area contributed by atoms with E-state index in [-0.39, 0.29) is 17.5 Å². The summed E-state index contributed by atoms with van der Waals surface area (Å²) in [6, 6.07) is 66.5. The molecule has 0 N–H and O–H groups in total. The van der Waals surface area contributed by atoms with E-state index in [4.69, 9.17) is 4.42 Å². The number of benzene rings is 8. The van der Waals surface area contributed by atoms with E-state index in [1.54, 1.807) is 0 Å². The third kappa shape index (κ3) is 7.11. The van der Waals surface area contributed by atoms with Crippen molar-refractivity contribution in [2.45, 2.75) is 66.2 Å². The number of hydrogen-bond donors (Lipinski definition) is 0. The topological polar surface area (TPSA) is 19.6 Å². The molecule has 14 rings (SSSR count). The van der Waals surface area contributed by atoms with Crippen LogP contribution >= 0.6 is 34.0 Å². The van der Waals surface area contributed by atoms with Gasteiger partial charge in [0.1, 0.15) is 5.58 Å². The predicted octanol–water partition coefficient (Wildman–Crippen LogP) is 18.4. The molecule has 0 amide bonds. The van der Waals surface area contributed by atoms with Gasteiger partial charge in [-0.15, -0.1) is 34.0 Å². The smallest absolute Gasteiger partial charge is 0.297 e. The zero-order chi connectivity index (χ0) is 49.7. The summed E-state index contributed by atoms with van der Waals surface area (Å²) in [7, 11) is 0. The van der Waals surface area contributed by atoms with Crippen LogP contribution in [0, 0.1) is 13.8 Å². The van der Waals surface area contributed by atoms with E-state index in [9.17, 15) is 0 Å². The molecule has 8 aromatic carbocycles. The van der Waals surface area contributed by atoms with Gasteiger partial charge in [0.05, 0.1) is 17.0 Å². The maximum absolute atomic E-state index is 7.47. The molecule has 73 heavy (non-hydrogen) atoms. The van der Waals surface area contributed by atoms with Gasteiger partial charge in [0.15, 0.2) is 0 Å². The first-order valence-electron chi connectivity index (χ1n) is 25.4. The molecule has 0 unspecified atom stereocenters. The molecule has 6 heterocycles. The Bertz CT molecular complexity index is 4120. The monoisotopic (exact) mass is 996 g/mol. The molecule has 0 fully saturated rings. The minimum absolute atomic E-state index is 0.0641. The second-order valence-corrected chi connectivity index (χ2v) is 25.5. The Morgan fingerprint density at radius 3 is 1.56 bits per heavy atom. The minimum atomic E-state index is -0.178. The summed E-state index contributed by atoms with van der Waals surface area (Å²) < 4.78 is 11.4. The quantitative estimate of drug-likeness (QED) is 0.160. The molecule has 0 saturated carbocycles. The van der Waals surface area contributed by atoms with Gasteiger partial charge < -0.3 is 14.2 Å². The maximum Gasteiger partial charge on any atom is 0.297 e. The molecule has 7 heteroatoms. The van der Waals surface area contributed by atoms with Gasteiger partial charge in [-0.05, 0) is 182 Å². The van der Waals surface area contributed by atoms with Gasteiger partial charge in [-0.2, -0.15) is 0 Å². The number of furan rings is 1. The summed E-state index contributed by atoms with van der Waals surface area (Å²) in [4.78, 5) is 9.01. The van der Waals surface area contributed by atoms with Gasteiger partial charge in [-0.1, -0.05) is 126 Å². The lowest BCUT2D eigenvalue weighted by Gasteiger charge is -2.44. The maximum atomic E-state index is 7.47. The van der Waals surface area contributed by atoms with E-state index in [1.165, 1.54) is 118 Å².